The largest absolute Gasteiger partial charge is 0.504 e. The number of thiophene rings is 1. The summed E-state index contributed by atoms with van der Waals surface area (Å²) < 4.78 is 32.6. The Morgan fingerprint density at radius 1 is 1.42 bits per heavy atom. The van der Waals surface area contributed by atoms with Gasteiger partial charge in [0.1, 0.15) is 4.21 Å². The summed E-state index contributed by atoms with van der Waals surface area (Å²) in [5.41, 5.74) is 0.332. The molecule has 2 rings (SSSR count). The quantitative estimate of drug-likeness (QED) is 0.357. The molecule has 7 nitrogen and oxygen atoms in total. The van der Waals surface area contributed by atoms with Crippen LogP contribution in [0.3, 0.4) is 0 Å². The second-order valence-electron chi connectivity index (χ2n) is 4.63. The molecule has 0 fully saturated rings. The number of phenolic OH excluding ortho intramolecular Hbond substituents is 1. The molecule has 0 aliphatic rings. The summed E-state index contributed by atoms with van der Waals surface area (Å²) in [6.07, 6.45) is 3.73. The number of nitrogens with one attached hydrogen (secondary N) is 1. The normalized spacial score (nSPS) is 11.2. The van der Waals surface area contributed by atoms with Crippen LogP contribution in [0.25, 0.3) is 6.08 Å². The molecule has 0 unspecified atom stereocenters. The summed E-state index contributed by atoms with van der Waals surface area (Å²) in [7, 11) is -2.50. The van der Waals surface area contributed by atoms with E-state index in [0.717, 1.165) is 29.2 Å². The molecule has 142 valence electrons. The number of anilines is 1. The van der Waals surface area contributed by atoms with Crippen molar-refractivity contribution < 1.29 is 28.2 Å². The van der Waals surface area contributed by atoms with E-state index in [9.17, 15) is 18.3 Å². The number of aromatic hydroxyl groups is 1. The van der Waals surface area contributed by atoms with Crippen LogP contribution in [0.5, 0.6) is 11.5 Å². The first kappa shape index (κ1) is 21.9. The third-order valence-corrected chi connectivity index (χ3v) is 6.69. The lowest BCUT2D eigenvalue weighted by atomic mass is 10.1. The van der Waals surface area contributed by atoms with Gasteiger partial charge in [-0.15, -0.1) is 23.1 Å². The van der Waals surface area contributed by atoms with Crippen LogP contribution >= 0.6 is 23.1 Å². The number of aliphatic carboxylic acids is 1. The summed E-state index contributed by atoms with van der Waals surface area (Å²) >= 11 is 2.23. The van der Waals surface area contributed by atoms with Crippen molar-refractivity contribution in [1.29, 1.82) is 0 Å². The van der Waals surface area contributed by atoms with Gasteiger partial charge in [0.25, 0.3) is 10.0 Å². The minimum absolute atomic E-state index is 0. The van der Waals surface area contributed by atoms with Gasteiger partial charge in [0.2, 0.25) is 0 Å². The van der Waals surface area contributed by atoms with Gasteiger partial charge < -0.3 is 14.9 Å². The molecule has 0 aliphatic heterocycles. The molecule has 0 atom stereocenters. The monoisotopic (exact) mass is 417 g/mol. The zero-order chi connectivity index (χ0) is 18.6. The van der Waals surface area contributed by atoms with Gasteiger partial charge in [0, 0.05) is 22.6 Å². The molecule has 0 amide bonds. The average Bonchev–Trinajstić information content (AvgIpc) is 3.09. The number of hydrogen-bond donors (Lipinski definition) is 3. The van der Waals surface area contributed by atoms with Crippen LogP contribution in [0.1, 0.15) is 13.0 Å². The predicted molar refractivity (Wildman–Crippen MR) is 105 cm³/mol. The fourth-order valence-electron chi connectivity index (χ4n) is 2.02. The highest BCUT2D eigenvalue weighted by molar-refractivity contribution is 7.99. The van der Waals surface area contributed by atoms with Crippen molar-refractivity contribution in [3.8, 4) is 11.5 Å². The maximum Gasteiger partial charge on any atom is 0.328 e. The molecule has 0 spiro atoms. The lowest BCUT2D eigenvalue weighted by Gasteiger charge is -2.16. The highest BCUT2D eigenvalue weighted by atomic mass is 32.2. The van der Waals surface area contributed by atoms with E-state index in [0.29, 0.717) is 4.90 Å². The Bertz CT molecular complexity index is 905. The van der Waals surface area contributed by atoms with E-state index in [1.165, 1.54) is 25.3 Å². The second kappa shape index (κ2) is 8.97. The Hall–Kier alpha value is -2.17. The van der Waals surface area contributed by atoms with Crippen LogP contribution in [0.2, 0.25) is 0 Å². The van der Waals surface area contributed by atoms with Gasteiger partial charge >= 0.3 is 5.97 Å². The highest BCUT2D eigenvalue weighted by Gasteiger charge is 2.22. The maximum absolute atomic E-state index is 12.5. The number of carboxylic acids is 1. The summed E-state index contributed by atoms with van der Waals surface area (Å²) in [5, 5.41) is 20.7. The van der Waals surface area contributed by atoms with Gasteiger partial charge in [-0.1, -0.05) is 13.5 Å². The molecular weight excluding hydrogens is 398 g/mol. The van der Waals surface area contributed by atoms with E-state index >= 15 is 0 Å². The lowest BCUT2D eigenvalue weighted by Crippen LogP contribution is -2.12. The number of hydrogen-bond acceptors (Lipinski definition) is 7. The van der Waals surface area contributed by atoms with Crippen LogP contribution in [-0.2, 0) is 14.8 Å². The first-order valence-electron chi connectivity index (χ1n) is 6.75. The molecule has 0 aliphatic carbocycles. The van der Waals surface area contributed by atoms with E-state index < -0.39 is 16.0 Å². The Labute approximate surface area is 160 Å². The van der Waals surface area contributed by atoms with E-state index in [1.54, 1.807) is 17.7 Å². The van der Waals surface area contributed by atoms with Gasteiger partial charge in [0.15, 0.2) is 11.5 Å². The molecule has 26 heavy (non-hydrogen) atoms. The zero-order valence-electron chi connectivity index (χ0n) is 13.2. The number of methoxy groups -OCH3 is 1. The molecular formula is C16H19NO6S3. The van der Waals surface area contributed by atoms with E-state index in [2.05, 4.69) is 4.72 Å². The molecule has 0 radical (unpaired) electrons. The van der Waals surface area contributed by atoms with Crippen molar-refractivity contribution in [2.75, 3.05) is 18.1 Å². The third kappa shape index (κ3) is 4.71. The van der Waals surface area contributed by atoms with Crippen molar-refractivity contribution in [3.05, 3.63) is 35.2 Å². The van der Waals surface area contributed by atoms with Gasteiger partial charge in [0.05, 0.1) is 12.8 Å². The fraction of sp³-hybridized carbons (Fsp3) is 0.188. The molecule has 10 heteroatoms. The van der Waals surface area contributed by atoms with Crippen molar-refractivity contribution in [2.45, 2.75) is 16.5 Å². The second-order valence-corrected chi connectivity index (χ2v) is 8.30. The van der Waals surface area contributed by atoms with Gasteiger partial charge in [-0.25, -0.2) is 13.2 Å². The highest BCUT2D eigenvalue weighted by Crippen LogP contribution is 2.43. The van der Waals surface area contributed by atoms with E-state index in [1.807, 2.05) is 0 Å². The third-order valence-electron chi connectivity index (χ3n) is 3.07. The smallest absolute Gasteiger partial charge is 0.328 e. The molecule has 0 bridgehead atoms. The Morgan fingerprint density at radius 3 is 2.62 bits per heavy atom. The Kier molecular flexibility index (Phi) is 7.54. The number of carboxylic acid groups (broad SMARTS) is 1. The van der Waals surface area contributed by atoms with Crippen LogP contribution in [0.15, 0.2) is 38.8 Å². The Morgan fingerprint density at radius 2 is 2.12 bits per heavy atom. The average molecular weight is 418 g/mol. The Balaban J connectivity index is 0.00000338. The fourth-order valence-corrected chi connectivity index (χ4v) is 4.86. The first-order valence-corrected chi connectivity index (χ1v) is 10.3. The van der Waals surface area contributed by atoms with Gasteiger partial charge in [-0.05, 0) is 23.8 Å². The summed E-state index contributed by atoms with van der Waals surface area (Å²) in [4.78, 5) is 11.2. The molecule has 2 aromatic rings. The number of sulfonamides is 1. The molecule has 1 aromatic carbocycles. The maximum atomic E-state index is 12.5. The topological polar surface area (TPSA) is 113 Å². The van der Waals surface area contributed by atoms with Crippen molar-refractivity contribution >= 4 is 50.9 Å². The number of thioether (sulfide) groups is 1. The van der Waals surface area contributed by atoms with Crippen LogP contribution in [0, 0.1) is 0 Å². The van der Waals surface area contributed by atoms with E-state index in [4.69, 9.17) is 9.84 Å². The number of ether oxygens (including phenoxy) is 1. The van der Waals surface area contributed by atoms with Gasteiger partial charge in [-0.3, -0.25) is 4.72 Å². The minimum atomic E-state index is -3.81. The molecule has 0 saturated carbocycles. The summed E-state index contributed by atoms with van der Waals surface area (Å²) in [6.45, 7) is 0. The lowest BCUT2D eigenvalue weighted by molar-refractivity contribution is -0.131. The molecule has 3 N–H and O–H groups in total. The minimum Gasteiger partial charge on any atom is -0.504 e. The van der Waals surface area contributed by atoms with Crippen LogP contribution in [-0.4, -0.2) is 38.0 Å². The van der Waals surface area contributed by atoms with Crippen LogP contribution in [0.4, 0.5) is 5.69 Å². The number of carbonyl (C=O) groups is 1. The SMILES string of the molecule is C.COc1cc(NS(=O)(=O)c2cccs2)c(SC)c(/C=C/C(=O)O)c1O. The standard InChI is InChI=1S/C15H15NO6S3.CH4/c1-22-11-8-10(16-25(20,21)13-4-3-7-24-13)15(23-2)9(14(11)19)5-6-12(17)18;/h3-8,16,19H,1-2H3,(H,17,18);1H4/b6-5+;. The molecule has 1 heterocycles. The first-order chi connectivity index (χ1) is 11.8. The van der Waals surface area contributed by atoms with E-state index in [-0.39, 0.29) is 34.4 Å². The summed E-state index contributed by atoms with van der Waals surface area (Å²) in [5.74, 6) is -1.45. The van der Waals surface area contributed by atoms with Crippen molar-refractivity contribution in [2.24, 2.45) is 0 Å². The van der Waals surface area contributed by atoms with Gasteiger partial charge in [-0.2, -0.15) is 0 Å². The number of phenols is 1. The number of rotatable bonds is 7. The molecule has 1 aromatic heterocycles. The van der Waals surface area contributed by atoms with Crippen molar-refractivity contribution in [3.63, 3.8) is 0 Å². The number of benzene rings is 1. The molecule has 0 saturated heterocycles. The van der Waals surface area contributed by atoms with Crippen LogP contribution < -0.4 is 9.46 Å². The zero-order valence-corrected chi connectivity index (χ0v) is 15.7. The predicted octanol–water partition coefficient (Wildman–Crippen LogP) is 3.72. The summed E-state index contributed by atoms with van der Waals surface area (Å²) in [6, 6.07) is 4.44. The van der Waals surface area contributed by atoms with Crippen molar-refractivity contribution in [1.82, 2.24) is 0 Å².